The second-order valence-corrected chi connectivity index (χ2v) is 8.45. The van der Waals surface area contributed by atoms with E-state index in [9.17, 15) is 9.59 Å². The maximum atomic E-state index is 13.0. The van der Waals surface area contributed by atoms with E-state index >= 15 is 0 Å². The molecular formula is C29H33NO5. The topological polar surface area (TPSA) is 84.9 Å². The number of hydrogen-bond donors (Lipinski definition) is 2. The van der Waals surface area contributed by atoms with Crippen LogP contribution in [-0.4, -0.2) is 30.2 Å². The Morgan fingerprint density at radius 3 is 2.23 bits per heavy atom. The highest BCUT2D eigenvalue weighted by molar-refractivity contribution is 6.06. The Morgan fingerprint density at radius 1 is 0.771 bits per heavy atom. The van der Waals surface area contributed by atoms with Crippen molar-refractivity contribution in [3.05, 3.63) is 89.0 Å². The number of anilines is 1. The molecule has 0 atom stereocenters. The van der Waals surface area contributed by atoms with Crippen LogP contribution in [0.5, 0.6) is 11.5 Å². The number of benzene rings is 3. The fourth-order valence-corrected chi connectivity index (χ4v) is 3.75. The van der Waals surface area contributed by atoms with Crippen molar-refractivity contribution in [2.45, 2.75) is 46.0 Å². The molecule has 0 aliphatic carbocycles. The predicted octanol–water partition coefficient (Wildman–Crippen LogP) is 6.20. The molecular weight excluding hydrogens is 442 g/mol. The molecule has 0 bridgehead atoms. The number of amides is 1. The van der Waals surface area contributed by atoms with Gasteiger partial charge in [0, 0.05) is 12.0 Å². The van der Waals surface area contributed by atoms with E-state index in [4.69, 9.17) is 14.6 Å². The second kappa shape index (κ2) is 13.2. The summed E-state index contributed by atoms with van der Waals surface area (Å²) in [4.78, 5) is 23.7. The SMILES string of the molecule is Cc1c(OCCCCc2ccccc2)ccc(C(=O)Nc2ccccc2OCCCC(=O)O)c1C. The number of para-hydroxylation sites is 2. The Bertz CT molecular complexity index is 1130. The van der Waals surface area contributed by atoms with Crippen molar-refractivity contribution in [3.63, 3.8) is 0 Å². The average Bonchev–Trinajstić information content (AvgIpc) is 2.85. The largest absolute Gasteiger partial charge is 0.493 e. The lowest BCUT2D eigenvalue weighted by Crippen LogP contribution is -2.15. The first-order valence-corrected chi connectivity index (χ1v) is 12.0. The van der Waals surface area contributed by atoms with Crippen LogP contribution in [0.1, 0.15) is 52.7 Å². The standard InChI is InChI=1S/C29H33NO5/c1-21-22(2)26(34-19-9-8-13-23-11-4-3-5-12-23)18-17-24(21)29(33)30-25-14-6-7-15-27(25)35-20-10-16-28(31)32/h3-7,11-12,14-15,17-18H,8-10,13,16,19-20H2,1-2H3,(H,30,33)(H,31,32). The van der Waals surface area contributed by atoms with Crippen LogP contribution in [0, 0.1) is 13.8 Å². The number of carboxylic acid groups (broad SMARTS) is 1. The molecule has 1 amide bonds. The van der Waals surface area contributed by atoms with E-state index in [1.54, 1.807) is 18.2 Å². The Morgan fingerprint density at radius 2 is 1.46 bits per heavy atom. The highest BCUT2D eigenvalue weighted by atomic mass is 16.5. The molecule has 3 rings (SSSR count). The first kappa shape index (κ1) is 25.8. The number of carbonyl (C=O) groups is 2. The molecule has 35 heavy (non-hydrogen) atoms. The molecule has 0 heterocycles. The number of ether oxygens (including phenoxy) is 2. The number of rotatable bonds is 13. The molecule has 3 aromatic carbocycles. The highest BCUT2D eigenvalue weighted by Gasteiger charge is 2.15. The number of nitrogens with one attached hydrogen (secondary N) is 1. The van der Waals surface area contributed by atoms with Crippen molar-refractivity contribution in [1.29, 1.82) is 0 Å². The summed E-state index contributed by atoms with van der Waals surface area (Å²) in [6.07, 6.45) is 3.48. The summed E-state index contributed by atoms with van der Waals surface area (Å²) in [5.41, 5.74) is 4.26. The molecule has 3 aromatic rings. The van der Waals surface area contributed by atoms with Gasteiger partial charge in [-0.15, -0.1) is 0 Å². The minimum Gasteiger partial charge on any atom is -0.493 e. The Labute approximate surface area is 206 Å². The number of hydrogen-bond acceptors (Lipinski definition) is 4. The third-order valence-electron chi connectivity index (χ3n) is 5.87. The maximum Gasteiger partial charge on any atom is 0.303 e. The zero-order valence-electron chi connectivity index (χ0n) is 20.4. The van der Waals surface area contributed by atoms with Crippen LogP contribution in [0.4, 0.5) is 5.69 Å². The molecule has 2 N–H and O–H groups in total. The van der Waals surface area contributed by atoms with Crippen LogP contribution >= 0.6 is 0 Å². The summed E-state index contributed by atoms with van der Waals surface area (Å²) in [6.45, 7) is 4.77. The Balaban J connectivity index is 1.55. The van der Waals surface area contributed by atoms with Crippen molar-refractivity contribution in [2.75, 3.05) is 18.5 Å². The van der Waals surface area contributed by atoms with Crippen LogP contribution in [0.3, 0.4) is 0 Å². The molecule has 0 aliphatic heterocycles. The predicted molar refractivity (Wildman–Crippen MR) is 138 cm³/mol. The molecule has 0 aliphatic rings. The molecule has 0 fully saturated rings. The second-order valence-electron chi connectivity index (χ2n) is 8.45. The van der Waals surface area contributed by atoms with Crippen LogP contribution in [0.25, 0.3) is 0 Å². The number of aliphatic carboxylic acids is 1. The van der Waals surface area contributed by atoms with Crippen molar-refractivity contribution < 1.29 is 24.2 Å². The van der Waals surface area contributed by atoms with Gasteiger partial charge in [-0.3, -0.25) is 9.59 Å². The smallest absolute Gasteiger partial charge is 0.303 e. The van der Waals surface area contributed by atoms with Gasteiger partial charge in [-0.25, -0.2) is 0 Å². The molecule has 0 saturated carbocycles. The van der Waals surface area contributed by atoms with Gasteiger partial charge in [-0.1, -0.05) is 42.5 Å². The molecule has 0 radical (unpaired) electrons. The van der Waals surface area contributed by atoms with Crippen molar-refractivity contribution in [2.24, 2.45) is 0 Å². The molecule has 0 unspecified atom stereocenters. The summed E-state index contributed by atoms with van der Waals surface area (Å²) in [6, 6.07) is 21.2. The van der Waals surface area contributed by atoms with Crippen molar-refractivity contribution >= 4 is 17.6 Å². The summed E-state index contributed by atoms with van der Waals surface area (Å²) < 4.78 is 11.7. The molecule has 6 heteroatoms. The maximum absolute atomic E-state index is 13.0. The minimum atomic E-state index is -0.861. The van der Waals surface area contributed by atoms with E-state index in [2.05, 4.69) is 29.6 Å². The zero-order valence-corrected chi connectivity index (χ0v) is 20.4. The molecule has 184 valence electrons. The Kier molecular flexibility index (Phi) is 9.72. The number of aryl methyl sites for hydroxylation is 1. The fraction of sp³-hybridized carbons (Fsp3) is 0.310. The van der Waals surface area contributed by atoms with Crippen molar-refractivity contribution in [3.8, 4) is 11.5 Å². The van der Waals surface area contributed by atoms with Gasteiger partial charge in [0.2, 0.25) is 0 Å². The average molecular weight is 476 g/mol. The van der Waals surface area contributed by atoms with E-state index in [0.717, 1.165) is 36.1 Å². The van der Waals surface area contributed by atoms with Gasteiger partial charge in [-0.2, -0.15) is 0 Å². The van der Waals surface area contributed by atoms with E-state index < -0.39 is 5.97 Å². The summed E-state index contributed by atoms with van der Waals surface area (Å²) in [7, 11) is 0. The lowest BCUT2D eigenvalue weighted by Gasteiger charge is -2.16. The summed E-state index contributed by atoms with van der Waals surface area (Å²) in [5, 5.41) is 11.7. The summed E-state index contributed by atoms with van der Waals surface area (Å²) in [5.74, 6) is 0.208. The molecule has 0 aromatic heterocycles. The zero-order chi connectivity index (χ0) is 25.0. The van der Waals surface area contributed by atoms with Gasteiger partial charge >= 0.3 is 5.97 Å². The first-order valence-electron chi connectivity index (χ1n) is 12.0. The quantitative estimate of drug-likeness (QED) is 0.288. The number of carboxylic acids is 1. The molecule has 0 spiro atoms. The van der Waals surface area contributed by atoms with E-state index in [1.165, 1.54) is 5.56 Å². The third-order valence-corrected chi connectivity index (χ3v) is 5.87. The van der Waals surface area contributed by atoms with Gasteiger partial charge < -0.3 is 19.9 Å². The lowest BCUT2D eigenvalue weighted by molar-refractivity contribution is -0.137. The van der Waals surface area contributed by atoms with Gasteiger partial charge in [-0.05, 0) is 80.5 Å². The van der Waals surface area contributed by atoms with Gasteiger partial charge in [0.25, 0.3) is 5.91 Å². The van der Waals surface area contributed by atoms with E-state index in [-0.39, 0.29) is 18.9 Å². The molecule has 0 saturated heterocycles. The van der Waals surface area contributed by atoms with E-state index in [1.807, 2.05) is 38.1 Å². The van der Waals surface area contributed by atoms with Gasteiger partial charge in [0.15, 0.2) is 0 Å². The monoisotopic (exact) mass is 475 g/mol. The van der Waals surface area contributed by atoms with Crippen LogP contribution in [0.2, 0.25) is 0 Å². The Hall–Kier alpha value is -3.80. The van der Waals surface area contributed by atoms with Crippen molar-refractivity contribution in [1.82, 2.24) is 0 Å². The van der Waals surface area contributed by atoms with Crippen LogP contribution in [0.15, 0.2) is 66.7 Å². The van der Waals surface area contributed by atoms with Gasteiger partial charge in [0.1, 0.15) is 11.5 Å². The van der Waals surface area contributed by atoms with Gasteiger partial charge in [0.05, 0.1) is 18.9 Å². The number of carbonyl (C=O) groups excluding carboxylic acids is 1. The fourth-order valence-electron chi connectivity index (χ4n) is 3.75. The molecule has 6 nitrogen and oxygen atoms in total. The first-order chi connectivity index (χ1) is 17.0. The van der Waals surface area contributed by atoms with Crippen LogP contribution in [-0.2, 0) is 11.2 Å². The summed E-state index contributed by atoms with van der Waals surface area (Å²) >= 11 is 0. The minimum absolute atomic E-state index is 0.0362. The lowest BCUT2D eigenvalue weighted by atomic mass is 10.0. The highest BCUT2D eigenvalue weighted by Crippen LogP contribution is 2.28. The normalized spacial score (nSPS) is 10.6. The van der Waals surface area contributed by atoms with E-state index in [0.29, 0.717) is 30.0 Å². The number of unbranched alkanes of at least 4 members (excludes halogenated alkanes) is 1. The third kappa shape index (κ3) is 7.88. The van der Waals surface area contributed by atoms with Crippen LogP contribution < -0.4 is 14.8 Å².